The first-order valence-electron chi connectivity index (χ1n) is 14.6. The lowest BCUT2D eigenvalue weighted by molar-refractivity contribution is 0.163. The number of halogens is 2. The van der Waals surface area contributed by atoms with E-state index in [4.69, 9.17) is 4.74 Å². The van der Waals surface area contributed by atoms with Gasteiger partial charge in [-0.05, 0) is 85.3 Å². The third kappa shape index (κ3) is 5.64. The monoisotopic (exact) mass is 606 g/mol. The highest BCUT2D eigenvalue weighted by Gasteiger charge is 2.25. The summed E-state index contributed by atoms with van der Waals surface area (Å²) in [4.78, 5) is 39.2. The van der Waals surface area contributed by atoms with E-state index in [2.05, 4.69) is 32.4 Å². The molecule has 1 aliphatic carbocycles. The summed E-state index contributed by atoms with van der Waals surface area (Å²) >= 11 is 0. The fourth-order valence-corrected chi connectivity index (χ4v) is 5.45. The number of hydrogen-bond donors (Lipinski definition) is 1. The van der Waals surface area contributed by atoms with E-state index in [1.54, 1.807) is 47.9 Å². The van der Waals surface area contributed by atoms with Crippen molar-refractivity contribution in [2.24, 2.45) is 0 Å². The Hall–Kier alpha value is -5.45. The Balaban J connectivity index is 1.20. The third-order valence-electron chi connectivity index (χ3n) is 7.82. The van der Waals surface area contributed by atoms with Crippen LogP contribution < -0.4 is 21.4 Å². The first-order valence-corrected chi connectivity index (χ1v) is 14.6. The fraction of sp³-hybridized carbons (Fsp3) is 0.206. The van der Waals surface area contributed by atoms with Crippen LogP contribution in [0, 0.1) is 6.92 Å². The molecule has 226 valence electrons. The van der Waals surface area contributed by atoms with Gasteiger partial charge in [-0.2, -0.15) is 9.97 Å². The summed E-state index contributed by atoms with van der Waals surface area (Å²) in [5.41, 5.74) is 3.82. The van der Waals surface area contributed by atoms with Gasteiger partial charge in [-0.3, -0.25) is 4.57 Å². The largest absolute Gasteiger partial charge is 0.472 e. The Morgan fingerprint density at radius 3 is 2.29 bits per heavy atom. The van der Waals surface area contributed by atoms with E-state index < -0.39 is 24.3 Å². The molecule has 0 unspecified atom stereocenters. The molecule has 1 N–H and O–H groups in total. The zero-order valence-electron chi connectivity index (χ0n) is 24.3. The molecule has 3 aromatic carbocycles. The number of para-hydroxylation sites is 1. The summed E-state index contributed by atoms with van der Waals surface area (Å²) in [5, 5.41) is 3.72. The van der Waals surface area contributed by atoms with Crippen LogP contribution in [-0.2, 0) is 6.61 Å². The van der Waals surface area contributed by atoms with Crippen molar-refractivity contribution < 1.29 is 13.5 Å². The van der Waals surface area contributed by atoms with Gasteiger partial charge in [0.15, 0.2) is 5.65 Å². The number of rotatable bonds is 9. The molecule has 0 atom stereocenters. The minimum absolute atomic E-state index is 0.0576. The number of aryl methyl sites for hydroxylation is 1. The van der Waals surface area contributed by atoms with Crippen LogP contribution in [0.25, 0.3) is 33.3 Å². The summed E-state index contributed by atoms with van der Waals surface area (Å²) in [7, 11) is 0. The standard InChI is InChI=1S/C34H28F2N6O3/c1-20-7-15-27-30(37-18-29(35)36)39-33(43)42(31(27)38-20)25-13-8-21(9-14-25)19-45-32-26-16-12-23(22-10-11-22)17-28(26)41(34(44)40-32)24-5-3-2-4-6-24/h2-9,12-17,22,29H,10-11,18-19H2,1H3,(H,37,39,43). The van der Waals surface area contributed by atoms with E-state index in [0.717, 1.165) is 35.0 Å². The molecule has 0 spiro atoms. The van der Waals surface area contributed by atoms with Crippen molar-refractivity contribution >= 4 is 27.8 Å². The number of ether oxygens (including phenoxy) is 1. The van der Waals surface area contributed by atoms with Gasteiger partial charge in [0.25, 0.3) is 6.43 Å². The van der Waals surface area contributed by atoms with Crippen LogP contribution in [0.3, 0.4) is 0 Å². The first-order chi connectivity index (χ1) is 21.9. The van der Waals surface area contributed by atoms with Gasteiger partial charge in [-0.15, -0.1) is 0 Å². The van der Waals surface area contributed by atoms with E-state index in [1.165, 1.54) is 10.1 Å². The molecule has 0 amide bonds. The highest BCUT2D eigenvalue weighted by molar-refractivity contribution is 5.88. The quantitative estimate of drug-likeness (QED) is 0.218. The Morgan fingerprint density at radius 1 is 0.844 bits per heavy atom. The van der Waals surface area contributed by atoms with Crippen LogP contribution in [0.5, 0.6) is 5.88 Å². The second-order valence-corrected chi connectivity index (χ2v) is 11.1. The van der Waals surface area contributed by atoms with E-state index >= 15 is 0 Å². The summed E-state index contributed by atoms with van der Waals surface area (Å²) in [6, 6.07) is 26.0. The number of nitrogens with zero attached hydrogens (tertiary/aromatic N) is 5. The Labute approximate surface area is 255 Å². The van der Waals surface area contributed by atoms with Crippen molar-refractivity contribution in [3.8, 4) is 17.3 Å². The van der Waals surface area contributed by atoms with Gasteiger partial charge in [-0.1, -0.05) is 36.4 Å². The SMILES string of the molecule is Cc1ccc2c(NCC(F)F)nc(=O)n(-c3ccc(COc4nc(=O)n(-c5ccccc5)c5cc(C6CC6)ccc45)cc3)c2n1. The van der Waals surface area contributed by atoms with Crippen LogP contribution in [0.1, 0.15) is 35.6 Å². The van der Waals surface area contributed by atoms with Crippen LogP contribution in [0.15, 0.2) is 94.5 Å². The fourth-order valence-electron chi connectivity index (χ4n) is 5.45. The van der Waals surface area contributed by atoms with Crippen molar-refractivity contribution in [3.05, 3.63) is 123 Å². The second-order valence-electron chi connectivity index (χ2n) is 11.1. The molecule has 7 rings (SSSR count). The highest BCUT2D eigenvalue weighted by Crippen LogP contribution is 2.41. The number of aromatic nitrogens is 5. The zero-order chi connectivity index (χ0) is 31.1. The molecule has 1 fully saturated rings. The van der Waals surface area contributed by atoms with Crippen LogP contribution in [0.4, 0.5) is 14.6 Å². The van der Waals surface area contributed by atoms with Crippen molar-refractivity contribution in [1.82, 2.24) is 24.1 Å². The molecule has 3 aromatic heterocycles. The van der Waals surface area contributed by atoms with Gasteiger partial charge < -0.3 is 10.1 Å². The third-order valence-corrected chi connectivity index (χ3v) is 7.82. The predicted octanol–water partition coefficient (Wildman–Crippen LogP) is 5.92. The Kier molecular flexibility index (Phi) is 7.28. The first kappa shape index (κ1) is 28.3. The molecular weight excluding hydrogens is 578 g/mol. The van der Waals surface area contributed by atoms with Crippen LogP contribution in [0.2, 0.25) is 0 Å². The van der Waals surface area contributed by atoms with Crippen molar-refractivity contribution in [2.45, 2.75) is 38.7 Å². The molecule has 0 radical (unpaired) electrons. The lowest BCUT2D eigenvalue weighted by Gasteiger charge is -2.15. The minimum Gasteiger partial charge on any atom is -0.472 e. The molecule has 45 heavy (non-hydrogen) atoms. The van der Waals surface area contributed by atoms with E-state index in [-0.39, 0.29) is 18.3 Å². The number of benzene rings is 3. The Morgan fingerprint density at radius 2 is 1.56 bits per heavy atom. The van der Waals surface area contributed by atoms with Crippen molar-refractivity contribution in [1.29, 1.82) is 0 Å². The van der Waals surface area contributed by atoms with Crippen LogP contribution >= 0.6 is 0 Å². The number of fused-ring (bicyclic) bond motifs is 2. The summed E-state index contributed by atoms with van der Waals surface area (Å²) in [5.74, 6) is 0.808. The van der Waals surface area contributed by atoms with Crippen molar-refractivity contribution in [3.63, 3.8) is 0 Å². The summed E-state index contributed by atoms with van der Waals surface area (Å²) in [6.45, 7) is 1.27. The van der Waals surface area contributed by atoms with E-state index in [9.17, 15) is 18.4 Å². The molecule has 1 aliphatic rings. The summed E-state index contributed by atoms with van der Waals surface area (Å²) < 4.78 is 34.8. The zero-order valence-corrected chi connectivity index (χ0v) is 24.3. The average molecular weight is 607 g/mol. The molecule has 1 saturated carbocycles. The maximum absolute atomic E-state index is 13.3. The molecule has 0 saturated heterocycles. The van der Waals surface area contributed by atoms with Crippen LogP contribution in [-0.4, -0.2) is 37.1 Å². The maximum atomic E-state index is 13.3. The number of alkyl halides is 2. The molecule has 3 heterocycles. The molecular formula is C34H28F2N6O3. The van der Waals surface area contributed by atoms with Gasteiger partial charge >= 0.3 is 11.4 Å². The normalized spacial score (nSPS) is 13.1. The average Bonchev–Trinajstić information content (AvgIpc) is 3.89. The van der Waals surface area contributed by atoms with E-state index in [0.29, 0.717) is 28.3 Å². The van der Waals surface area contributed by atoms with E-state index in [1.807, 2.05) is 36.4 Å². The number of nitrogens with one attached hydrogen (secondary N) is 1. The maximum Gasteiger partial charge on any atom is 0.355 e. The van der Waals surface area contributed by atoms with Crippen molar-refractivity contribution in [2.75, 3.05) is 11.9 Å². The lowest BCUT2D eigenvalue weighted by Crippen LogP contribution is -2.25. The number of pyridine rings is 1. The highest BCUT2D eigenvalue weighted by atomic mass is 19.3. The van der Waals surface area contributed by atoms with Gasteiger partial charge in [0.05, 0.1) is 34.2 Å². The molecule has 6 aromatic rings. The topological polar surface area (TPSA) is 104 Å². The number of hydrogen-bond acceptors (Lipinski definition) is 7. The minimum atomic E-state index is -2.60. The van der Waals surface area contributed by atoms with Gasteiger partial charge in [-0.25, -0.2) is 27.9 Å². The summed E-state index contributed by atoms with van der Waals surface area (Å²) in [6.07, 6.45) is -0.329. The second kappa shape index (κ2) is 11.6. The predicted molar refractivity (Wildman–Crippen MR) is 168 cm³/mol. The smallest absolute Gasteiger partial charge is 0.355 e. The Bertz CT molecular complexity index is 2160. The molecule has 11 heteroatoms. The molecule has 9 nitrogen and oxygen atoms in total. The molecule has 0 bridgehead atoms. The number of anilines is 1. The van der Waals surface area contributed by atoms with Gasteiger partial charge in [0, 0.05) is 5.69 Å². The lowest BCUT2D eigenvalue weighted by atomic mass is 10.1. The van der Waals surface area contributed by atoms with Gasteiger partial charge in [0.1, 0.15) is 12.4 Å². The van der Waals surface area contributed by atoms with Gasteiger partial charge in [0.2, 0.25) is 5.88 Å². The molecule has 0 aliphatic heterocycles.